The third-order valence-electron chi connectivity index (χ3n) is 4.65. The molecule has 0 spiro atoms. The summed E-state index contributed by atoms with van der Waals surface area (Å²) in [5.41, 5.74) is 11.4. The number of carbonyl (C=O) groups excluding carboxylic acids is 1. The van der Waals surface area contributed by atoms with Gasteiger partial charge in [0.25, 0.3) is 0 Å². The molecule has 3 aromatic rings. The van der Waals surface area contributed by atoms with Crippen molar-refractivity contribution in [3.8, 4) is 0 Å². The lowest BCUT2D eigenvalue weighted by Crippen LogP contribution is -2.27. The fourth-order valence-corrected chi connectivity index (χ4v) is 3.83. The summed E-state index contributed by atoms with van der Waals surface area (Å²) in [7, 11) is 0. The quantitative estimate of drug-likeness (QED) is 0.715. The molecule has 0 aliphatic carbocycles. The molecule has 1 aliphatic rings. The first-order valence-electron chi connectivity index (χ1n) is 8.53. The number of nitrogen functional groups attached to an aromatic ring is 1. The maximum absolute atomic E-state index is 12.8. The summed E-state index contributed by atoms with van der Waals surface area (Å²) < 4.78 is 6.80. The molecule has 0 amide bonds. The Bertz CT molecular complexity index is 1010. The van der Waals surface area contributed by atoms with Crippen molar-refractivity contribution in [2.45, 2.75) is 19.8 Å². The van der Waals surface area contributed by atoms with Crippen LogP contribution in [-0.4, -0.2) is 22.4 Å². The van der Waals surface area contributed by atoms with Gasteiger partial charge in [0.1, 0.15) is 5.82 Å². The normalized spacial score (nSPS) is 19.0. The number of carbonyl (C=O) groups is 1. The molecule has 5 nitrogen and oxygen atoms in total. The Morgan fingerprint density at radius 1 is 1.35 bits per heavy atom. The van der Waals surface area contributed by atoms with Crippen LogP contribution < -0.4 is 5.73 Å². The van der Waals surface area contributed by atoms with E-state index in [4.69, 9.17) is 10.5 Å². The molecule has 1 saturated heterocycles. The van der Waals surface area contributed by atoms with Crippen molar-refractivity contribution in [1.82, 2.24) is 9.97 Å². The van der Waals surface area contributed by atoms with Crippen molar-refractivity contribution in [3.63, 3.8) is 0 Å². The second kappa shape index (κ2) is 6.88. The molecular weight excluding hydrogens is 346 g/mol. The zero-order valence-corrected chi connectivity index (χ0v) is 15.3. The number of hydrogen-bond donors (Lipinski definition) is 1. The molecule has 2 aromatic heterocycles. The predicted molar refractivity (Wildman–Crippen MR) is 104 cm³/mol. The zero-order chi connectivity index (χ0) is 18.1. The van der Waals surface area contributed by atoms with Crippen LogP contribution in [0.2, 0.25) is 0 Å². The number of ketones is 1. The van der Waals surface area contributed by atoms with Crippen molar-refractivity contribution in [3.05, 3.63) is 58.4 Å². The summed E-state index contributed by atoms with van der Waals surface area (Å²) in [5, 5.41) is 0. The van der Waals surface area contributed by atoms with Crippen LogP contribution in [-0.2, 0) is 16.0 Å². The van der Waals surface area contributed by atoms with E-state index in [2.05, 4.69) is 28.2 Å². The highest BCUT2D eigenvalue weighted by Crippen LogP contribution is 2.27. The van der Waals surface area contributed by atoms with Crippen LogP contribution in [0.3, 0.4) is 0 Å². The summed E-state index contributed by atoms with van der Waals surface area (Å²) in [6.45, 7) is 2.44. The first kappa shape index (κ1) is 16.7. The van der Waals surface area contributed by atoms with E-state index in [0.29, 0.717) is 24.6 Å². The molecule has 1 atom stereocenters. The number of fused-ring (bicyclic) bond motifs is 1. The highest BCUT2D eigenvalue weighted by Gasteiger charge is 2.28. The number of hydrogen-bond acceptors (Lipinski definition) is 6. The average molecular weight is 365 g/mol. The van der Waals surface area contributed by atoms with Gasteiger partial charge in [0.2, 0.25) is 5.78 Å². The second-order valence-electron chi connectivity index (χ2n) is 6.54. The van der Waals surface area contributed by atoms with Gasteiger partial charge < -0.3 is 10.5 Å². The van der Waals surface area contributed by atoms with Crippen LogP contribution in [0.4, 0.5) is 5.82 Å². The fraction of sp³-hybridized carbons (Fsp3) is 0.250. The summed E-state index contributed by atoms with van der Waals surface area (Å²) in [4.78, 5) is 21.3. The standard InChI is InChI=1S/C20H19N3O2S/c1-12-6-14(10-22-20(12)21)9-17-19(24)15(4-5-25-17)7-13-2-3-18-16(8-13)23-11-26-18/h2-3,6,8-11,15H,4-5,7H2,1H3,(H2,21,22)/b17-9-. The van der Waals surface area contributed by atoms with E-state index < -0.39 is 0 Å². The van der Waals surface area contributed by atoms with E-state index in [9.17, 15) is 4.79 Å². The Morgan fingerprint density at radius 2 is 2.23 bits per heavy atom. The van der Waals surface area contributed by atoms with Crippen molar-refractivity contribution in [2.75, 3.05) is 12.3 Å². The highest BCUT2D eigenvalue weighted by atomic mass is 32.1. The third-order valence-corrected chi connectivity index (χ3v) is 5.46. The van der Waals surface area contributed by atoms with Crippen LogP contribution in [0.1, 0.15) is 23.1 Å². The number of allylic oxidation sites excluding steroid dienone is 1. The van der Waals surface area contributed by atoms with Crippen molar-refractivity contribution < 1.29 is 9.53 Å². The molecule has 132 valence electrons. The fourth-order valence-electron chi connectivity index (χ4n) is 3.17. The summed E-state index contributed by atoms with van der Waals surface area (Å²) in [6.07, 6.45) is 4.85. The molecule has 0 radical (unpaired) electrons. The van der Waals surface area contributed by atoms with E-state index in [0.717, 1.165) is 28.6 Å². The van der Waals surface area contributed by atoms with Gasteiger partial charge in [0, 0.05) is 12.1 Å². The van der Waals surface area contributed by atoms with Gasteiger partial charge in [-0.1, -0.05) is 6.07 Å². The number of ether oxygens (including phenoxy) is 1. The van der Waals surface area contributed by atoms with Crippen molar-refractivity contribution in [2.24, 2.45) is 5.92 Å². The van der Waals surface area contributed by atoms with E-state index >= 15 is 0 Å². The van der Waals surface area contributed by atoms with Crippen LogP contribution in [0, 0.1) is 12.8 Å². The molecule has 1 aromatic carbocycles. The molecule has 1 fully saturated rings. The molecule has 26 heavy (non-hydrogen) atoms. The van der Waals surface area contributed by atoms with Gasteiger partial charge in [-0.05, 0) is 60.7 Å². The smallest absolute Gasteiger partial charge is 0.200 e. The first-order valence-corrected chi connectivity index (χ1v) is 9.41. The molecule has 6 heteroatoms. The minimum Gasteiger partial charge on any atom is -0.490 e. The number of anilines is 1. The number of benzene rings is 1. The van der Waals surface area contributed by atoms with Crippen molar-refractivity contribution in [1.29, 1.82) is 0 Å². The van der Waals surface area contributed by atoms with E-state index in [1.165, 1.54) is 4.70 Å². The minimum absolute atomic E-state index is 0.0455. The molecular formula is C20H19N3O2S. The molecule has 0 saturated carbocycles. The number of nitrogens with two attached hydrogens (primary N) is 1. The van der Waals surface area contributed by atoms with Crippen LogP contribution in [0.25, 0.3) is 16.3 Å². The summed E-state index contributed by atoms with van der Waals surface area (Å²) in [5.74, 6) is 0.873. The lowest BCUT2D eigenvalue weighted by molar-refractivity contribution is -0.125. The number of nitrogens with zero attached hydrogens (tertiary/aromatic N) is 2. The number of Topliss-reactive ketones (excluding diaryl/α,β-unsaturated/α-hetero) is 1. The number of aromatic nitrogens is 2. The highest BCUT2D eigenvalue weighted by molar-refractivity contribution is 7.16. The summed E-state index contributed by atoms with van der Waals surface area (Å²) >= 11 is 1.62. The average Bonchev–Trinajstić information content (AvgIpc) is 3.09. The number of thiazole rings is 1. The largest absolute Gasteiger partial charge is 0.490 e. The summed E-state index contributed by atoms with van der Waals surface area (Å²) in [6, 6.07) is 8.14. The number of pyridine rings is 1. The van der Waals surface area contributed by atoms with Gasteiger partial charge in [0.15, 0.2) is 5.76 Å². The molecule has 3 heterocycles. The van der Waals surface area contributed by atoms with Crippen molar-refractivity contribution >= 4 is 39.2 Å². The Morgan fingerprint density at radius 3 is 3.08 bits per heavy atom. The van der Waals surface area contributed by atoms with E-state index in [-0.39, 0.29) is 11.7 Å². The Labute approximate surface area is 155 Å². The van der Waals surface area contributed by atoms with Gasteiger partial charge in [0.05, 0.1) is 22.3 Å². The number of aryl methyl sites for hydroxylation is 1. The van der Waals surface area contributed by atoms with Gasteiger partial charge in [-0.2, -0.15) is 0 Å². The SMILES string of the molecule is Cc1cc(/C=C2\OCCC(Cc3ccc4scnc4c3)C2=O)cnc1N. The zero-order valence-electron chi connectivity index (χ0n) is 14.4. The molecule has 1 unspecified atom stereocenters. The maximum atomic E-state index is 12.8. The van der Waals surface area contributed by atoms with Gasteiger partial charge in [-0.15, -0.1) is 11.3 Å². The monoisotopic (exact) mass is 365 g/mol. The first-order chi connectivity index (χ1) is 12.6. The Kier molecular flexibility index (Phi) is 4.42. The second-order valence-corrected chi connectivity index (χ2v) is 7.42. The lowest BCUT2D eigenvalue weighted by atomic mass is 9.89. The Balaban J connectivity index is 1.55. The van der Waals surface area contributed by atoms with Gasteiger partial charge >= 0.3 is 0 Å². The molecule has 0 bridgehead atoms. The maximum Gasteiger partial charge on any atom is 0.200 e. The Hall–Kier alpha value is -2.73. The third kappa shape index (κ3) is 3.32. The van der Waals surface area contributed by atoms with Crippen LogP contribution >= 0.6 is 11.3 Å². The minimum atomic E-state index is -0.0751. The molecule has 4 rings (SSSR count). The lowest BCUT2D eigenvalue weighted by Gasteiger charge is -2.23. The van der Waals surface area contributed by atoms with Crippen LogP contribution in [0.5, 0.6) is 0 Å². The molecule has 1 aliphatic heterocycles. The molecule has 2 N–H and O–H groups in total. The number of rotatable bonds is 3. The van der Waals surface area contributed by atoms with E-state index in [1.54, 1.807) is 23.6 Å². The van der Waals surface area contributed by atoms with Gasteiger partial charge in [-0.25, -0.2) is 9.97 Å². The van der Waals surface area contributed by atoms with Crippen LogP contribution in [0.15, 0.2) is 41.7 Å². The predicted octanol–water partition coefficient (Wildman–Crippen LogP) is 3.77. The van der Waals surface area contributed by atoms with Gasteiger partial charge in [-0.3, -0.25) is 4.79 Å². The topological polar surface area (TPSA) is 78.1 Å². The van der Waals surface area contributed by atoms with E-state index in [1.807, 2.05) is 18.5 Å².